The number of benzene rings is 1. The van der Waals surface area contributed by atoms with Crippen LogP contribution >= 0.6 is 0 Å². The topological polar surface area (TPSA) is 110 Å². The van der Waals surface area contributed by atoms with E-state index in [0.717, 1.165) is 43.9 Å². The summed E-state index contributed by atoms with van der Waals surface area (Å²) >= 11 is 0. The average molecular weight is 601 g/mol. The summed E-state index contributed by atoms with van der Waals surface area (Å²) in [4.78, 5) is 24.8. The number of carbonyl (C=O) groups excluding carboxylic acids is 2. The monoisotopic (exact) mass is 600 g/mol. The Balaban J connectivity index is 0.0000160. The second kappa shape index (κ2) is 25.1. The molecule has 0 aliphatic heterocycles. The predicted octanol–water partition coefficient (Wildman–Crippen LogP) is 5.30. The van der Waals surface area contributed by atoms with Gasteiger partial charge in [-0.3, -0.25) is 0 Å². The minimum atomic E-state index is -4.82. The van der Waals surface area contributed by atoms with Gasteiger partial charge in [-0.2, -0.15) is 0 Å². The molecule has 0 fully saturated rings. The van der Waals surface area contributed by atoms with Gasteiger partial charge in [-0.25, -0.2) is 18.0 Å². The second-order valence-electron chi connectivity index (χ2n) is 10.1. The summed E-state index contributed by atoms with van der Waals surface area (Å²) in [6.07, 6.45) is 25.8. The van der Waals surface area contributed by atoms with Crippen molar-refractivity contribution in [3.8, 4) is 0 Å². The number of rotatable bonds is 23. The molecule has 0 atom stereocenters. The molecular weight excluding hydrogens is 551 g/mol. The van der Waals surface area contributed by atoms with E-state index in [1.54, 1.807) is 0 Å². The van der Waals surface area contributed by atoms with Gasteiger partial charge in [0.05, 0.1) is 29.2 Å². The molecule has 226 valence electrons. The maximum Gasteiger partial charge on any atom is 1.00 e. The summed E-state index contributed by atoms with van der Waals surface area (Å²) in [5.41, 5.74) is -0.427. The van der Waals surface area contributed by atoms with Gasteiger partial charge in [0.25, 0.3) is 0 Å². The third-order valence-electron chi connectivity index (χ3n) is 6.54. The van der Waals surface area contributed by atoms with E-state index in [1.165, 1.54) is 64.2 Å². The smallest absolute Gasteiger partial charge is 0.744 e. The van der Waals surface area contributed by atoms with Crippen LogP contribution < -0.4 is 29.6 Å². The largest absolute Gasteiger partial charge is 1.00 e. The van der Waals surface area contributed by atoms with E-state index in [1.807, 2.05) is 12.2 Å². The van der Waals surface area contributed by atoms with Gasteiger partial charge in [0, 0.05) is 0 Å². The van der Waals surface area contributed by atoms with E-state index in [0.29, 0.717) is 12.8 Å². The van der Waals surface area contributed by atoms with Gasteiger partial charge in [-0.1, -0.05) is 102 Å². The van der Waals surface area contributed by atoms with Crippen molar-refractivity contribution in [3.63, 3.8) is 0 Å². The molecule has 0 radical (unpaired) electrons. The van der Waals surface area contributed by atoms with Crippen LogP contribution in [0.25, 0.3) is 0 Å². The van der Waals surface area contributed by atoms with Crippen molar-refractivity contribution < 1.29 is 61.6 Å². The molecule has 0 unspecified atom stereocenters. The van der Waals surface area contributed by atoms with Crippen molar-refractivity contribution in [2.24, 2.45) is 0 Å². The van der Waals surface area contributed by atoms with E-state index in [4.69, 9.17) is 9.47 Å². The Morgan fingerprint density at radius 2 is 1.07 bits per heavy atom. The summed E-state index contributed by atoms with van der Waals surface area (Å²) in [5.74, 6) is -1.65. The molecule has 9 heteroatoms. The number of carbonyl (C=O) groups is 2. The number of unbranched alkanes of at least 4 members (excludes halogenated alkanes) is 12. The molecule has 1 aromatic rings. The van der Waals surface area contributed by atoms with Crippen LogP contribution in [0.5, 0.6) is 0 Å². The maximum atomic E-state index is 12.7. The Morgan fingerprint density at radius 3 is 1.54 bits per heavy atom. The normalized spacial score (nSPS) is 11.6. The van der Waals surface area contributed by atoms with Crippen molar-refractivity contribution in [3.05, 3.63) is 53.6 Å². The van der Waals surface area contributed by atoms with Gasteiger partial charge in [-0.05, 0) is 56.7 Å². The van der Waals surface area contributed by atoms with Gasteiger partial charge in [0.1, 0.15) is 10.1 Å². The minimum Gasteiger partial charge on any atom is -0.744 e. The fourth-order valence-corrected chi connectivity index (χ4v) is 4.67. The summed E-state index contributed by atoms with van der Waals surface area (Å²) in [6, 6.07) is 3.01. The fourth-order valence-electron chi connectivity index (χ4n) is 4.18. The quantitative estimate of drug-likeness (QED) is 0.0551. The molecule has 41 heavy (non-hydrogen) atoms. The van der Waals surface area contributed by atoms with Gasteiger partial charge in [0.2, 0.25) is 0 Å². The van der Waals surface area contributed by atoms with Crippen LogP contribution in [0.15, 0.2) is 47.4 Å². The van der Waals surface area contributed by atoms with Gasteiger partial charge in [0.15, 0.2) is 0 Å². The summed E-state index contributed by atoms with van der Waals surface area (Å²) in [6.45, 7) is 4.58. The molecule has 0 saturated carbocycles. The van der Waals surface area contributed by atoms with Crippen LogP contribution in [0.3, 0.4) is 0 Å². The number of allylic oxidation sites excluding steroid dienone is 2. The van der Waals surface area contributed by atoms with Crippen molar-refractivity contribution in [1.82, 2.24) is 0 Å². The maximum absolute atomic E-state index is 12.7. The third kappa shape index (κ3) is 19.4. The molecule has 0 amide bonds. The average Bonchev–Trinajstić information content (AvgIpc) is 2.93. The second-order valence-corrected chi connectivity index (χ2v) is 11.4. The molecule has 1 rings (SSSR count). The zero-order valence-corrected chi connectivity index (χ0v) is 28.4. The summed E-state index contributed by atoms with van der Waals surface area (Å²) in [5, 5.41) is 0. The van der Waals surface area contributed by atoms with Crippen LogP contribution in [0.4, 0.5) is 0 Å². The summed E-state index contributed by atoms with van der Waals surface area (Å²) < 4.78 is 45.0. The molecule has 0 heterocycles. The van der Waals surface area contributed by atoms with Crippen molar-refractivity contribution >= 4 is 22.1 Å². The Morgan fingerprint density at radius 1 is 0.659 bits per heavy atom. The SMILES string of the molecule is CCCCCCCC/C=C/CCOC(=O)c1ccc(S(=O)(=O)[O-])cc1C(=O)OCC/C=C/CCCCCCCC.[Na+]. The molecule has 0 aliphatic carbocycles. The van der Waals surface area contributed by atoms with Crippen LogP contribution in [0.1, 0.15) is 137 Å². The van der Waals surface area contributed by atoms with Crippen LogP contribution in [0.2, 0.25) is 0 Å². The molecule has 0 N–H and O–H groups in total. The number of hydrogen-bond donors (Lipinski definition) is 0. The first-order valence-electron chi connectivity index (χ1n) is 15.0. The van der Waals surface area contributed by atoms with E-state index in [2.05, 4.69) is 26.0 Å². The van der Waals surface area contributed by atoms with E-state index in [9.17, 15) is 22.6 Å². The van der Waals surface area contributed by atoms with Crippen LogP contribution in [0, 0.1) is 0 Å². The van der Waals surface area contributed by atoms with E-state index >= 15 is 0 Å². The van der Waals surface area contributed by atoms with Crippen LogP contribution in [-0.4, -0.2) is 38.1 Å². The molecule has 0 spiro atoms. The molecule has 0 saturated heterocycles. The van der Waals surface area contributed by atoms with E-state index in [-0.39, 0.29) is 53.9 Å². The minimum absolute atomic E-state index is 0. The third-order valence-corrected chi connectivity index (χ3v) is 7.37. The molecule has 0 aliphatic rings. The van der Waals surface area contributed by atoms with Gasteiger partial charge >= 0.3 is 41.5 Å². The van der Waals surface area contributed by atoms with Crippen LogP contribution in [-0.2, 0) is 19.6 Å². The molecular formula is C32H49NaO7S. The molecule has 1 aromatic carbocycles. The zero-order valence-electron chi connectivity index (χ0n) is 25.5. The number of hydrogen-bond acceptors (Lipinski definition) is 7. The first kappa shape index (κ1) is 39.5. The number of esters is 2. The van der Waals surface area contributed by atoms with Gasteiger partial charge < -0.3 is 14.0 Å². The summed E-state index contributed by atoms with van der Waals surface area (Å²) in [7, 11) is -4.82. The van der Waals surface area contributed by atoms with E-state index < -0.39 is 27.0 Å². The Kier molecular flexibility index (Phi) is 24.2. The van der Waals surface area contributed by atoms with Crippen molar-refractivity contribution in [2.75, 3.05) is 13.2 Å². The fraction of sp³-hybridized carbons (Fsp3) is 0.625. The van der Waals surface area contributed by atoms with Crippen molar-refractivity contribution in [1.29, 1.82) is 0 Å². The van der Waals surface area contributed by atoms with Gasteiger partial charge in [-0.15, -0.1) is 0 Å². The Hall–Kier alpha value is -1.45. The standard InChI is InChI=1S/C32H50O7S.Na/c1-3-5-7-9-11-13-15-17-19-21-25-38-31(33)29-24-23-28(40(35,36)37)27-30(29)32(34)39-26-22-20-18-16-14-12-10-8-6-4-2;/h17-20,23-24,27H,3-16,21-22,25-26H2,1-2H3,(H,35,36,37);/q;+1/p-1/b19-17+,20-18+;. The Labute approximate surface area is 270 Å². The first-order valence-corrected chi connectivity index (χ1v) is 16.5. The first-order chi connectivity index (χ1) is 19.3. The number of ether oxygens (including phenoxy) is 2. The Bertz CT molecular complexity index is 1020. The molecule has 7 nitrogen and oxygen atoms in total. The van der Waals surface area contributed by atoms with Crippen molar-refractivity contribution in [2.45, 2.75) is 121 Å². The molecule has 0 aromatic heterocycles. The molecule has 0 bridgehead atoms. The predicted molar refractivity (Wildman–Crippen MR) is 158 cm³/mol. The zero-order chi connectivity index (χ0) is 29.5.